The fourth-order valence-electron chi connectivity index (χ4n) is 4.07. The zero-order valence-electron chi connectivity index (χ0n) is 20.5. The Morgan fingerprint density at radius 3 is 2.28 bits per heavy atom. The maximum atomic E-state index is 13.0. The second kappa shape index (κ2) is 11.4. The van der Waals surface area contributed by atoms with Crippen molar-refractivity contribution < 1.29 is 23.8 Å². The molecule has 0 saturated heterocycles. The van der Waals surface area contributed by atoms with Gasteiger partial charge in [-0.3, -0.25) is 4.79 Å². The van der Waals surface area contributed by atoms with Crippen molar-refractivity contribution >= 4 is 34.5 Å². The predicted molar refractivity (Wildman–Crippen MR) is 146 cm³/mol. The van der Waals surface area contributed by atoms with Crippen LogP contribution in [0.5, 0.6) is 5.75 Å². The van der Waals surface area contributed by atoms with E-state index in [1.54, 1.807) is 54.6 Å². The molecule has 5 aromatic rings. The Labute approximate surface area is 228 Å². The van der Waals surface area contributed by atoms with E-state index in [1.165, 1.54) is 12.1 Å². The quantitative estimate of drug-likeness (QED) is 0.211. The van der Waals surface area contributed by atoms with E-state index in [0.717, 1.165) is 16.7 Å². The van der Waals surface area contributed by atoms with Crippen LogP contribution in [0.1, 0.15) is 21.7 Å². The van der Waals surface area contributed by atoms with Crippen LogP contribution < -0.4 is 10.1 Å². The number of carbonyl (C=O) groups is 2. The van der Waals surface area contributed by atoms with Crippen molar-refractivity contribution in [2.24, 2.45) is 0 Å². The topological polar surface area (TPSA) is 104 Å². The normalized spacial score (nSPS) is 11.7. The van der Waals surface area contributed by atoms with Gasteiger partial charge in [0, 0.05) is 11.4 Å². The van der Waals surface area contributed by atoms with Gasteiger partial charge in [0.05, 0.1) is 11.0 Å². The van der Waals surface area contributed by atoms with E-state index in [2.05, 4.69) is 15.3 Å². The molecule has 0 spiro atoms. The number of aliphatic carboxylic acids is 1. The molecule has 3 N–H and O–H groups in total. The largest absolute Gasteiger partial charge is 0.489 e. The molecule has 9 heteroatoms. The Bertz CT molecular complexity index is 1620. The lowest BCUT2D eigenvalue weighted by Gasteiger charge is -2.14. The summed E-state index contributed by atoms with van der Waals surface area (Å²) in [7, 11) is 0. The number of fused-ring (bicyclic) bond motifs is 1. The molecule has 0 aliphatic heterocycles. The highest BCUT2D eigenvalue weighted by Crippen LogP contribution is 2.25. The molecule has 196 valence electrons. The first-order valence-electron chi connectivity index (χ1n) is 12.1. The predicted octanol–water partition coefficient (Wildman–Crippen LogP) is 6.03. The summed E-state index contributed by atoms with van der Waals surface area (Å²) in [5.74, 6) is -1.49. The molecule has 39 heavy (non-hydrogen) atoms. The smallest absolute Gasteiger partial charge is 0.326 e. The van der Waals surface area contributed by atoms with Gasteiger partial charge >= 0.3 is 5.97 Å². The molecular formula is C30H23ClFN3O4. The van der Waals surface area contributed by atoms with Crippen LogP contribution >= 0.6 is 11.6 Å². The number of aromatic nitrogens is 2. The molecule has 5 rings (SSSR count). The molecule has 1 aromatic heterocycles. The first kappa shape index (κ1) is 25.9. The lowest BCUT2D eigenvalue weighted by molar-refractivity contribution is -0.139. The van der Waals surface area contributed by atoms with Crippen LogP contribution in [0.4, 0.5) is 4.39 Å². The third-order valence-corrected chi connectivity index (χ3v) is 6.41. The van der Waals surface area contributed by atoms with Crippen molar-refractivity contribution in [1.82, 2.24) is 15.3 Å². The van der Waals surface area contributed by atoms with E-state index in [9.17, 15) is 19.1 Å². The zero-order valence-corrected chi connectivity index (χ0v) is 21.3. The summed E-state index contributed by atoms with van der Waals surface area (Å²) in [6.45, 7) is 0.270. The van der Waals surface area contributed by atoms with Gasteiger partial charge in [-0.25, -0.2) is 14.2 Å². The van der Waals surface area contributed by atoms with E-state index in [-0.39, 0.29) is 24.7 Å². The molecule has 0 fully saturated rings. The molecule has 0 aliphatic carbocycles. The number of halogens is 2. The van der Waals surface area contributed by atoms with Gasteiger partial charge in [0.15, 0.2) is 5.82 Å². The number of carboxylic acid groups (broad SMARTS) is 1. The van der Waals surface area contributed by atoms with E-state index < -0.39 is 17.9 Å². The highest BCUT2D eigenvalue weighted by atomic mass is 35.5. The molecule has 1 unspecified atom stereocenters. The number of benzene rings is 4. The molecule has 7 nitrogen and oxygen atoms in total. The average molecular weight is 544 g/mol. The number of hydrogen-bond acceptors (Lipinski definition) is 4. The number of hydrogen-bond donors (Lipinski definition) is 3. The first-order valence-corrected chi connectivity index (χ1v) is 12.5. The molecule has 0 saturated carbocycles. The van der Waals surface area contributed by atoms with Gasteiger partial charge in [0.25, 0.3) is 5.91 Å². The Hall–Kier alpha value is -4.69. The molecule has 4 aromatic carbocycles. The summed E-state index contributed by atoms with van der Waals surface area (Å²) in [5.41, 5.74) is 4.63. The summed E-state index contributed by atoms with van der Waals surface area (Å²) in [6, 6.07) is 24.7. The molecule has 0 bridgehead atoms. The van der Waals surface area contributed by atoms with Crippen LogP contribution in [0, 0.1) is 5.82 Å². The number of nitrogens with one attached hydrogen (secondary N) is 2. The third kappa shape index (κ3) is 6.42. The second-order valence-corrected chi connectivity index (χ2v) is 9.39. The van der Waals surface area contributed by atoms with Gasteiger partial charge in [-0.05, 0) is 70.8 Å². The van der Waals surface area contributed by atoms with Gasteiger partial charge < -0.3 is 20.1 Å². The minimum atomic E-state index is -1.17. The SMILES string of the molecule is O=C(NC(Cc1ccc(OCc2ccc(F)cc2)cc1)C(=O)O)c1nc2ccc(-c3ccc(Cl)cc3)cc2[nH]1. The lowest BCUT2D eigenvalue weighted by atomic mass is 10.1. The minimum Gasteiger partial charge on any atom is -0.489 e. The standard InChI is InChI=1S/C30H23ClFN3O4/c31-22-8-5-20(6-9-22)21-7-14-25-26(16-21)34-28(33-25)29(36)35-27(30(37)38)15-18-3-12-24(13-4-18)39-17-19-1-10-23(32)11-2-19/h1-14,16,27H,15,17H2,(H,33,34)(H,35,36)(H,37,38). The van der Waals surface area contributed by atoms with Gasteiger partial charge in [0.2, 0.25) is 0 Å². The maximum absolute atomic E-state index is 13.0. The van der Waals surface area contributed by atoms with Gasteiger partial charge in [-0.15, -0.1) is 0 Å². The Kier molecular flexibility index (Phi) is 7.56. The van der Waals surface area contributed by atoms with Crippen LogP contribution in [-0.4, -0.2) is 33.0 Å². The number of rotatable bonds is 9. The van der Waals surface area contributed by atoms with Crippen molar-refractivity contribution in [3.63, 3.8) is 0 Å². The van der Waals surface area contributed by atoms with Crippen LogP contribution in [0.15, 0.2) is 91.0 Å². The molecule has 0 radical (unpaired) electrons. The maximum Gasteiger partial charge on any atom is 0.326 e. The molecular weight excluding hydrogens is 521 g/mol. The van der Waals surface area contributed by atoms with Crippen LogP contribution in [0.25, 0.3) is 22.2 Å². The number of carboxylic acids is 1. The fraction of sp³-hybridized carbons (Fsp3) is 0.100. The minimum absolute atomic E-state index is 0.0223. The molecule has 1 heterocycles. The number of H-pyrrole nitrogens is 1. The highest BCUT2D eigenvalue weighted by molar-refractivity contribution is 6.30. The Balaban J connectivity index is 1.23. The van der Waals surface area contributed by atoms with Gasteiger partial charge in [-0.1, -0.05) is 54.1 Å². The van der Waals surface area contributed by atoms with E-state index >= 15 is 0 Å². The van der Waals surface area contributed by atoms with E-state index in [1.807, 2.05) is 24.3 Å². The van der Waals surface area contributed by atoms with E-state index in [0.29, 0.717) is 27.4 Å². The number of ether oxygens (including phenoxy) is 1. The molecule has 1 atom stereocenters. The first-order chi connectivity index (χ1) is 18.8. The molecule has 1 amide bonds. The summed E-state index contributed by atoms with van der Waals surface area (Å²) in [4.78, 5) is 32.1. The monoisotopic (exact) mass is 543 g/mol. The number of carbonyl (C=O) groups excluding carboxylic acids is 1. The van der Waals surface area contributed by atoms with E-state index in [4.69, 9.17) is 16.3 Å². The summed E-state index contributed by atoms with van der Waals surface area (Å²) >= 11 is 5.97. The highest BCUT2D eigenvalue weighted by Gasteiger charge is 2.23. The average Bonchev–Trinajstić information content (AvgIpc) is 3.37. The van der Waals surface area contributed by atoms with Crippen LogP contribution in [0.3, 0.4) is 0 Å². The molecule has 0 aliphatic rings. The van der Waals surface area contributed by atoms with Gasteiger partial charge in [0.1, 0.15) is 24.2 Å². The number of imidazole rings is 1. The van der Waals surface area contributed by atoms with Gasteiger partial charge in [-0.2, -0.15) is 0 Å². The van der Waals surface area contributed by atoms with Crippen molar-refractivity contribution in [2.75, 3.05) is 0 Å². The zero-order chi connectivity index (χ0) is 27.4. The number of nitrogens with zero attached hydrogens (tertiary/aromatic N) is 1. The van der Waals surface area contributed by atoms with Crippen LogP contribution in [-0.2, 0) is 17.8 Å². The summed E-state index contributed by atoms with van der Waals surface area (Å²) in [6.07, 6.45) is 0.0697. The summed E-state index contributed by atoms with van der Waals surface area (Å²) in [5, 5.41) is 12.9. The lowest BCUT2D eigenvalue weighted by Crippen LogP contribution is -2.42. The van der Waals surface area contributed by atoms with Crippen molar-refractivity contribution in [1.29, 1.82) is 0 Å². The Morgan fingerprint density at radius 2 is 1.59 bits per heavy atom. The number of aromatic amines is 1. The third-order valence-electron chi connectivity index (χ3n) is 6.16. The number of amides is 1. The second-order valence-electron chi connectivity index (χ2n) is 8.95. The van der Waals surface area contributed by atoms with Crippen LogP contribution in [0.2, 0.25) is 5.02 Å². The fourth-order valence-corrected chi connectivity index (χ4v) is 4.20. The Morgan fingerprint density at radius 1 is 0.923 bits per heavy atom. The summed E-state index contributed by atoms with van der Waals surface area (Å²) < 4.78 is 18.8. The van der Waals surface area contributed by atoms with Crippen molar-refractivity contribution in [2.45, 2.75) is 19.1 Å². The van der Waals surface area contributed by atoms with Crippen molar-refractivity contribution in [3.05, 3.63) is 119 Å². The van der Waals surface area contributed by atoms with Crippen molar-refractivity contribution in [3.8, 4) is 16.9 Å².